The Hall–Kier alpha value is -1.82. The van der Waals surface area contributed by atoms with E-state index < -0.39 is 0 Å². The van der Waals surface area contributed by atoms with E-state index >= 15 is 0 Å². The molecule has 1 aromatic rings. The Morgan fingerprint density at radius 2 is 2.12 bits per heavy atom. The van der Waals surface area contributed by atoms with Crippen LogP contribution in [0.4, 0.5) is 0 Å². The maximum absolute atomic E-state index is 12.0. The van der Waals surface area contributed by atoms with Crippen molar-refractivity contribution in [1.29, 1.82) is 5.26 Å². The van der Waals surface area contributed by atoms with Crippen LogP contribution in [0.5, 0.6) is 0 Å². The molecule has 0 aromatic heterocycles. The van der Waals surface area contributed by atoms with Gasteiger partial charge < -0.3 is 15.0 Å². The maximum Gasteiger partial charge on any atom is 0.310 e. The minimum absolute atomic E-state index is 0. The fourth-order valence-corrected chi connectivity index (χ4v) is 2.90. The van der Waals surface area contributed by atoms with E-state index in [1.54, 1.807) is 12.1 Å². The number of aliphatic imine (C=N–C) groups is 1. The van der Waals surface area contributed by atoms with Crippen LogP contribution in [-0.4, -0.2) is 43.1 Å². The molecule has 6 nitrogen and oxygen atoms in total. The lowest BCUT2D eigenvalue weighted by Gasteiger charge is -2.34. The van der Waals surface area contributed by atoms with E-state index in [1.165, 1.54) is 0 Å². The van der Waals surface area contributed by atoms with E-state index in [0.29, 0.717) is 25.3 Å². The van der Waals surface area contributed by atoms with Crippen molar-refractivity contribution in [2.45, 2.75) is 33.2 Å². The Bertz CT molecular complexity index is 640. The van der Waals surface area contributed by atoms with Crippen LogP contribution >= 0.6 is 24.0 Å². The second kappa shape index (κ2) is 11.7. The average molecular weight is 470 g/mol. The zero-order valence-corrected chi connectivity index (χ0v) is 17.7. The zero-order valence-electron chi connectivity index (χ0n) is 15.4. The second-order valence-electron chi connectivity index (χ2n) is 6.02. The summed E-state index contributed by atoms with van der Waals surface area (Å²) >= 11 is 0. The van der Waals surface area contributed by atoms with Crippen molar-refractivity contribution < 1.29 is 9.53 Å². The molecule has 26 heavy (non-hydrogen) atoms. The molecule has 1 N–H and O–H groups in total. The van der Waals surface area contributed by atoms with Crippen LogP contribution in [0.2, 0.25) is 0 Å². The Balaban J connectivity index is 0.00000338. The summed E-state index contributed by atoms with van der Waals surface area (Å²) in [6, 6.07) is 9.56. The topological polar surface area (TPSA) is 77.7 Å². The lowest BCUT2D eigenvalue weighted by Crippen LogP contribution is -2.48. The van der Waals surface area contributed by atoms with Crippen molar-refractivity contribution >= 4 is 35.9 Å². The first-order valence-electron chi connectivity index (χ1n) is 8.86. The molecule has 2 rings (SSSR count). The van der Waals surface area contributed by atoms with Gasteiger partial charge in [0.05, 0.1) is 30.7 Å². The number of rotatable bonds is 5. The molecule has 1 heterocycles. The van der Waals surface area contributed by atoms with Crippen LogP contribution in [0.1, 0.15) is 37.8 Å². The highest BCUT2D eigenvalue weighted by atomic mass is 127. The van der Waals surface area contributed by atoms with Gasteiger partial charge in [-0.15, -0.1) is 24.0 Å². The highest BCUT2D eigenvalue weighted by Gasteiger charge is 2.28. The number of benzene rings is 1. The number of hydrogen-bond acceptors (Lipinski definition) is 4. The summed E-state index contributed by atoms with van der Waals surface area (Å²) in [6.07, 6.45) is 1.81. The highest BCUT2D eigenvalue weighted by molar-refractivity contribution is 14.0. The lowest BCUT2D eigenvalue weighted by atomic mass is 9.98. The molecule has 1 aromatic carbocycles. The quantitative estimate of drug-likeness (QED) is 0.310. The first-order valence-corrected chi connectivity index (χ1v) is 8.86. The van der Waals surface area contributed by atoms with E-state index in [0.717, 1.165) is 37.5 Å². The van der Waals surface area contributed by atoms with Crippen LogP contribution in [0, 0.1) is 17.2 Å². The van der Waals surface area contributed by atoms with Crippen molar-refractivity contribution in [3.05, 3.63) is 35.4 Å². The third-order valence-corrected chi connectivity index (χ3v) is 4.17. The van der Waals surface area contributed by atoms with Crippen LogP contribution in [0.15, 0.2) is 29.3 Å². The molecule has 142 valence electrons. The van der Waals surface area contributed by atoms with Crippen molar-refractivity contribution in [2.24, 2.45) is 10.9 Å². The molecular formula is C19H27IN4O2. The number of carbonyl (C=O) groups excluding carboxylic acids is 1. The summed E-state index contributed by atoms with van der Waals surface area (Å²) in [7, 11) is 0. The lowest BCUT2D eigenvalue weighted by molar-refractivity contribution is -0.149. The fraction of sp³-hybridized carbons (Fsp3) is 0.526. The van der Waals surface area contributed by atoms with Crippen molar-refractivity contribution in [3.8, 4) is 6.07 Å². The minimum atomic E-state index is -0.116. The SMILES string of the molecule is CCNC(=NCc1ccc(C#N)cc1)N1CCCC(C(=O)OCC)C1.I. The molecule has 1 fully saturated rings. The molecule has 1 aliphatic heterocycles. The van der Waals surface area contributed by atoms with E-state index in [-0.39, 0.29) is 35.9 Å². The Morgan fingerprint density at radius 3 is 2.73 bits per heavy atom. The van der Waals surface area contributed by atoms with Gasteiger partial charge in [0.1, 0.15) is 0 Å². The van der Waals surface area contributed by atoms with Crippen LogP contribution < -0.4 is 5.32 Å². The summed E-state index contributed by atoms with van der Waals surface area (Å²) in [4.78, 5) is 18.9. The molecule has 0 saturated carbocycles. The predicted molar refractivity (Wildman–Crippen MR) is 112 cm³/mol. The van der Waals surface area contributed by atoms with Gasteiger partial charge in [-0.05, 0) is 44.4 Å². The summed E-state index contributed by atoms with van der Waals surface area (Å²) in [5.74, 6) is 0.614. The molecule has 1 atom stereocenters. The van der Waals surface area contributed by atoms with Gasteiger partial charge in [0, 0.05) is 19.6 Å². The fourth-order valence-electron chi connectivity index (χ4n) is 2.90. The number of esters is 1. The van der Waals surface area contributed by atoms with Gasteiger partial charge in [0.25, 0.3) is 0 Å². The van der Waals surface area contributed by atoms with Gasteiger partial charge in [0.15, 0.2) is 5.96 Å². The second-order valence-corrected chi connectivity index (χ2v) is 6.02. The number of piperidine rings is 1. The molecule has 1 aliphatic rings. The molecule has 1 saturated heterocycles. The minimum Gasteiger partial charge on any atom is -0.466 e. The van der Waals surface area contributed by atoms with Gasteiger partial charge in [-0.25, -0.2) is 4.99 Å². The van der Waals surface area contributed by atoms with Crippen LogP contribution in [-0.2, 0) is 16.1 Å². The summed E-state index contributed by atoms with van der Waals surface area (Å²) in [5, 5.41) is 12.2. The van der Waals surface area contributed by atoms with Crippen molar-refractivity contribution in [1.82, 2.24) is 10.2 Å². The number of ether oxygens (including phenoxy) is 1. The number of nitriles is 1. The van der Waals surface area contributed by atoms with E-state index in [9.17, 15) is 4.79 Å². The van der Waals surface area contributed by atoms with Gasteiger partial charge in [-0.2, -0.15) is 5.26 Å². The molecular weight excluding hydrogens is 443 g/mol. The van der Waals surface area contributed by atoms with Gasteiger partial charge in [-0.3, -0.25) is 4.79 Å². The number of halogens is 1. The number of hydrogen-bond donors (Lipinski definition) is 1. The average Bonchev–Trinajstić information content (AvgIpc) is 2.66. The van der Waals surface area contributed by atoms with Crippen molar-refractivity contribution in [2.75, 3.05) is 26.2 Å². The molecule has 0 bridgehead atoms. The Morgan fingerprint density at radius 1 is 1.38 bits per heavy atom. The summed E-state index contributed by atoms with van der Waals surface area (Å²) in [6.45, 7) is 7.11. The predicted octanol–water partition coefficient (Wildman–Crippen LogP) is 2.92. The summed E-state index contributed by atoms with van der Waals surface area (Å²) < 4.78 is 5.17. The van der Waals surface area contributed by atoms with Gasteiger partial charge in [-0.1, -0.05) is 12.1 Å². The zero-order chi connectivity index (χ0) is 18.1. The molecule has 7 heteroatoms. The summed E-state index contributed by atoms with van der Waals surface area (Å²) in [5.41, 5.74) is 1.70. The largest absolute Gasteiger partial charge is 0.466 e. The van der Waals surface area contributed by atoms with Gasteiger partial charge in [0.2, 0.25) is 0 Å². The number of carbonyl (C=O) groups is 1. The molecule has 0 aliphatic carbocycles. The Kier molecular flexibility index (Phi) is 10.0. The monoisotopic (exact) mass is 470 g/mol. The van der Waals surface area contributed by atoms with Crippen LogP contribution in [0.25, 0.3) is 0 Å². The van der Waals surface area contributed by atoms with Gasteiger partial charge >= 0.3 is 5.97 Å². The van der Waals surface area contributed by atoms with E-state index in [1.807, 2.05) is 26.0 Å². The number of likely N-dealkylation sites (tertiary alicyclic amines) is 1. The maximum atomic E-state index is 12.0. The van der Waals surface area contributed by atoms with E-state index in [4.69, 9.17) is 15.0 Å². The van der Waals surface area contributed by atoms with Crippen LogP contribution in [0.3, 0.4) is 0 Å². The smallest absolute Gasteiger partial charge is 0.310 e. The molecule has 0 radical (unpaired) electrons. The first-order chi connectivity index (χ1) is 12.2. The molecule has 0 spiro atoms. The first kappa shape index (κ1) is 22.2. The molecule has 1 unspecified atom stereocenters. The normalized spacial score (nSPS) is 17.0. The third kappa shape index (κ3) is 6.48. The van der Waals surface area contributed by atoms with Crippen molar-refractivity contribution in [3.63, 3.8) is 0 Å². The van der Waals surface area contributed by atoms with E-state index in [2.05, 4.69) is 16.3 Å². The number of nitrogens with one attached hydrogen (secondary N) is 1. The third-order valence-electron chi connectivity index (χ3n) is 4.17. The highest BCUT2D eigenvalue weighted by Crippen LogP contribution is 2.18. The molecule has 0 amide bonds. The number of guanidine groups is 1. The number of nitrogens with zero attached hydrogens (tertiary/aromatic N) is 3. The Labute approximate surface area is 172 Å². The standard InChI is InChI=1S/C19H26N4O2.HI/c1-3-21-19(22-13-16-9-7-15(12-20)8-10-16)23-11-5-6-17(14-23)18(24)25-4-2;/h7-10,17H,3-6,11,13-14H2,1-2H3,(H,21,22);1H.